The van der Waals surface area contributed by atoms with Gasteiger partial charge in [-0.15, -0.1) is 15.3 Å². The van der Waals surface area contributed by atoms with Crippen LogP contribution >= 0.6 is 23.2 Å². The number of nitrogens with zero attached hydrogens (tertiary/aromatic N) is 4. The molecule has 0 atom stereocenters. The van der Waals surface area contributed by atoms with Gasteiger partial charge >= 0.3 is 37.7 Å². The standard InChI is InChI=1S/2C26H22ClN3O6S.Ca/c2*1-3-18-22(37(33,34)35)13-12-21(27)23(18)29-30-24-19-7-5-4-6-15(19)14-20(25(24)31)26(32)28-16-8-10-17(36-2)11-9-16;/h2*4-14,31H,3H2,1-2H3,(H,28,32)(H,33,34,35);/q;;+2/p-2. The summed E-state index contributed by atoms with van der Waals surface area (Å²) in [5.74, 6) is -1.11. The molecule has 0 aliphatic heterocycles. The van der Waals surface area contributed by atoms with E-state index in [1.807, 2.05) is 0 Å². The molecule has 0 aliphatic carbocycles. The van der Waals surface area contributed by atoms with Crippen LogP contribution in [0.5, 0.6) is 23.0 Å². The van der Waals surface area contributed by atoms with Crippen molar-refractivity contribution in [1.29, 1.82) is 0 Å². The zero-order valence-corrected chi connectivity index (χ0v) is 45.5. The first-order chi connectivity index (χ1) is 35.3. The third-order valence-electron chi connectivity index (χ3n) is 11.3. The molecule has 75 heavy (non-hydrogen) atoms. The number of carbonyl (C=O) groups is 2. The minimum atomic E-state index is -4.80. The molecule has 380 valence electrons. The number of methoxy groups -OCH3 is 2. The molecule has 0 fully saturated rings. The zero-order chi connectivity index (χ0) is 53.5. The number of anilines is 2. The molecule has 0 spiro atoms. The van der Waals surface area contributed by atoms with Gasteiger partial charge in [-0.05, 0) is 114 Å². The van der Waals surface area contributed by atoms with Gasteiger partial charge in [0.15, 0.2) is 5.75 Å². The summed E-state index contributed by atoms with van der Waals surface area (Å²) in [7, 11) is -6.27. The molecule has 8 aromatic rings. The first-order valence-corrected chi connectivity index (χ1v) is 25.7. The number of amides is 2. The topological polar surface area (TPSA) is 281 Å². The molecule has 0 aromatic heterocycles. The summed E-state index contributed by atoms with van der Waals surface area (Å²) >= 11 is 12.5. The van der Waals surface area contributed by atoms with Crippen LogP contribution in [0.15, 0.2) is 164 Å². The summed E-state index contributed by atoms with van der Waals surface area (Å²) in [6, 6.07) is 34.9. The number of phenols is 1. The number of phenolic OH excluding ortho intramolecular Hbond substituents is 1. The van der Waals surface area contributed by atoms with Crippen molar-refractivity contribution >= 4 is 149 Å². The van der Waals surface area contributed by atoms with Crippen LogP contribution in [0.25, 0.3) is 21.5 Å². The van der Waals surface area contributed by atoms with E-state index in [4.69, 9.17) is 32.7 Å². The van der Waals surface area contributed by atoms with E-state index in [-0.39, 0.29) is 111 Å². The summed E-state index contributed by atoms with van der Waals surface area (Å²) in [6.45, 7) is 3.31. The maximum atomic E-state index is 13.4. The monoisotopic (exact) mass is 1120 g/mol. The number of hydrogen-bond acceptors (Lipinski definition) is 15. The third-order valence-corrected chi connectivity index (χ3v) is 13.8. The Labute approximate surface area is 470 Å². The summed E-state index contributed by atoms with van der Waals surface area (Å²) in [6.07, 6.45) is 0.308. The second kappa shape index (κ2) is 24.7. The number of rotatable bonds is 14. The Hall–Kier alpha value is -6.72. The molecule has 0 radical (unpaired) electrons. The Bertz CT molecular complexity index is 3530. The molecular formula is C52H42CaCl2N6O12S2. The van der Waals surface area contributed by atoms with Crippen LogP contribution in [0.2, 0.25) is 10.0 Å². The number of ether oxygens (including phenoxy) is 2. The van der Waals surface area contributed by atoms with E-state index < -0.39 is 48.4 Å². The quantitative estimate of drug-likeness (QED) is 0.0449. The van der Waals surface area contributed by atoms with E-state index in [2.05, 4.69) is 31.1 Å². The van der Waals surface area contributed by atoms with Crippen LogP contribution < -0.4 is 25.2 Å². The molecule has 23 heteroatoms. The van der Waals surface area contributed by atoms with Gasteiger partial charge in [0.1, 0.15) is 38.7 Å². The zero-order valence-electron chi connectivity index (χ0n) is 40.2. The molecule has 0 saturated heterocycles. The van der Waals surface area contributed by atoms with Crippen molar-refractivity contribution in [3.63, 3.8) is 0 Å². The van der Waals surface area contributed by atoms with Crippen molar-refractivity contribution in [2.45, 2.75) is 36.5 Å². The van der Waals surface area contributed by atoms with Crippen molar-refractivity contribution in [1.82, 2.24) is 0 Å². The molecule has 8 aromatic carbocycles. The van der Waals surface area contributed by atoms with Gasteiger partial charge in [-0.2, -0.15) is 13.5 Å². The maximum Gasteiger partial charge on any atom is 2.00 e. The smallest absolute Gasteiger partial charge is 0.870 e. The first kappa shape index (κ1) is 57.6. The molecule has 0 unspecified atom stereocenters. The van der Waals surface area contributed by atoms with Crippen LogP contribution in [-0.2, 0) is 33.1 Å². The molecule has 2 amide bonds. The number of fused-ring (bicyclic) bond motifs is 2. The summed E-state index contributed by atoms with van der Waals surface area (Å²) < 4.78 is 78.6. The molecule has 0 saturated carbocycles. The average molecular weight is 1120 g/mol. The molecule has 4 N–H and O–H groups in total. The largest absolute Gasteiger partial charge is 2.00 e. The van der Waals surface area contributed by atoms with E-state index in [0.29, 0.717) is 44.4 Å². The van der Waals surface area contributed by atoms with Crippen molar-refractivity contribution in [3.05, 3.63) is 166 Å². The molecule has 0 aliphatic rings. The van der Waals surface area contributed by atoms with Crippen LogP contribution in [0.1, 0.15) is 45.7 Å². The predicted octanol–water partition coefficient (Wildman–Crippen LogP) is 12.0. The van der Waals surface area contributed by atoms with Crippen LogP contribution in [0, 0.1) is 0 Å². The molecule has 18 nitrogen and oxygen atoms in total. The van der Waals surface area contributed by atoms with Gasteiger partial charge in [0.05, 0.1) is 45.3 Å². The minimum Gasteiger partial charge on any atom is -0.870 e. The first-order valence-electron chi connectivity index (χ1n) is 22.1. The van der Waals surface area contributed by atoms with Crippen molar-refractivity contribution in [3.8, 4) is 23.0 Å². The molecule has 0 bridgehead atoms. The fraction of sp³-hybridized carbons (Fsp3) is 0.115. The van der Waals surface area contributed by atoms with Gasteiger partial charge < -0.3 is 34.9 Å². The summed E-state index contributed by atoms with van der Waals surface area (Å²) in [5.41, 5.74) is 0.818. The maximum absolute atomic E-state index is 13.4. The Morgan fingerprint density at radius 3 is 1.44 bits per heavy atom. The number of benzene rings is 8. The third kappa shape index (κ3) is 13.2. The summed E-state index contributed by atoms with van der Waals surface area (Å²) in [4.78, 5) is 25.3. The van der Waals surface area contributed by atoms with Crippen LogP contribution in [0.3, 0.4) is 0 Å². The fourth-order valence-corrected chi connectivity index (χ4v) is 9.67. The molecule has 0 heterocycles. The van der Waals surface area contributed by atoms with E-state index in [1.165, 1.54) is 44.6 Å². The minimum absolute atomic E-state index is 0. The van der Waals surface area contributed by atoms with Crippen LogP contribution in [-0.4, -0.2) is 94.8 Å². The van der Waals surface area contributed by atoms with E-state index >= 15 is 0 Å². The molecule has 8 rings (SSSR count). The van der Waals surface area contributed by atoms with Gasteiger partial charge in [-0.3, -0.25) is 14.1 Å². The van der Waals surface area contributed by atoms with Gasteiger partial charge in [0.25, 0.3) is 21.9 Å². The van der Waals surface area contributed by atoms with E-state index in [1.54, 1.807) is 111 Å². The Morgan fingerprint density at radius 1 is 0.587 bits per heavy atom. The van der Waals surface area contributed by atoms with Crippen LogP contribution in [0.4, 0.5) is 34.1 Å². The van der Waals surface area contributed by atoms with Crippen molar-refractivity contribution in [2.75, 3.05) is 24.9 Å². The predicted molar refractivity (Wildman–Crippen MR) is 284 cm³/mol. The van der Waals surface area contributed by atoms with Crippen molar-refractivity contribution < 1.29 is 55.2 Å². The number of halogens is 2. The fourth-order valence-electron chi connectivity index (χ4n) is 7.67. The van der Waals surface area contributed by atoms with E-state index in [0.717, 1.165) is 6.07 Å². The second-order valence-electron chi connectivity index (χ2n) is 15.8. The Morgan fingerprint density at radius 2 is 0.987 bits per heavy atom. The Kier molecular flexibility index (Phi) is 19.0. The summed E-state index contributed by atoms with van der Waals surface area (Å²) in [5, 5.41) is 48.6. The number of hydrogen-bond donors (Lipinski definition) is 4. The average Bonchev–Trinajstić information content (AvgIpc) is 3.38. The second-order valence-corrected chi connectivity index (χ2v) is 19.4. The SMILES string of the molecule is CCc1c(S(=O)(=O)O)ccc(Cl)c1N=Nc1c(O)c(C(=O)Nc2ccc(OC)cc2)cc2ccccc12.CCc1c(S(=O)(=O)[O-])ccc(Cl)c1N=Nc1c([O-])c(C(=O)Nc2ccc(OC)cc2)cc2ccccc12.[Ca+2]. The molecular weight excluding hydrogens is 1080 g/mol. The van der Waals surface area contributed by atoms with E-state index in [9.17, 15) is 45.7 Å². The van der Waals surface area contributed by atoms with Gasteiger partial charge in [0.2, 0.25) is 0 Å². The Balaban J connectivity index is 0.000000241. The number of azo groups is 2. The van der Waals surface area contributed by atoms with Gasteiger partial charge in [0, 0.05) is 33.3 Å². The normalized spacial score (nSPS) is 11.5. The van der Waals surface area contributed by atoms with Gasteiger partial charge in [-0.1, -0.05) is 91.3 Å². The number of carbonyl (C=O) groups excluding carboxylic acids is 2. The number of nitrogens with one attached hydrogen (secondary N) is 2. The van der Waals surface area contributed by atoms with Crippen molar-refractivity contribution in [2.24, 2.45) is 20.5 Å². The van der Waals surface area contributed by atoms with Gasteiger partial charge in [-0.25, -0.2) is 8.42 Å². The number of aromatic hydroxyl groups is 1.